The molecule has 0 radical (unpaired) electrons. The van der Waals surface area contributed by atoms with Gasteiger partial charge in [0.25, 0.3) is 0 Å². The fourth-order valence-corrected chi connectivity index (χ4v) is 2.34. The molecular weight excluding hydrogens is 238 g/mol. The van der Waals surface area contributed by atoms with Crippen molar-refractivity contribution in [1.82, 2.24) is 19.6 Å². The summed E-state index contributed by atoms with van der Waals surface area (Å²) in [4.78, 5) is 4.50. The third kappa shape index (κ3) is 1.41. The van der Waals surface area contributed by atoms with Gasteiger partial charge in [-0.1, -0.05) is 24.3 Å². The average molecular weight is 249 g/mol. The lowest BCUT2D eigenvalue weighted by Crippen LogP contribution is -1.90. The summed E-state index contributed by atoms with van der Waals surface area (Å²) in [5.41, 5.74) is 9.50. The molecule has 4 aromatic rings. The minimum absolute atomic E-state index is 0.720. The smallest absolute Gasteiger partial charge is 0.230 e. The highest BCUT2D eigenvalue weighted by atomic mass is 15.3. The number of nitrogens with one attached hydrogen (secondary N) is 1. The van der Waals surface area contributed by atoms with Crippen LogP contribution in [0.4, 0.5) is 5.69 Å². The van der Waals surface area contributed by atoms with Crippen molar-refractivity contribution in [2.24, 2.45) is 0 Å². The molecule has 92 valence electrons. The zero-order valence-corrected chi connectivity index (χ0v) is 10.0. The van der Waals surface area contributed by atoms with E-state index in [1.54, 1.807) is 0 Å². The van der Waals surface area contributed by atoms with E-state index in [0.29, 0.717) is 0 Å². The molecule has 2 heterocycles. The summed E-state index contributed by atoms with van der Waals surface area (Å²) in [6.45, 7) is 0. The number of aromatic nitrogens is 4. The Kier molecular flexibility index (Phi) is 1.91. The van der Waals surface area contributed by atoms with E-state index < -0.39 is 0 Å². The van der Waals surface area contributed by atoms with Gasteiger partial charge < -0.3 is 5.73 Å². The van der Waals surface area contributed by atoms with Crippen LogP contribution in [0.15, 0.2) is 48.5 Å². The van der Waals surface area contributed by atoms with Crippen molar-refractivity contribution in [1.29, 1.82) is 0 Å². The molecule has 0 atom stereocenters. The van der Waals surface area contributed by atoms with Crippen molar-refractivity contribution in [2.75, 3.05) is 5.73 Å². The zero-order chi connectivity index (χ0) is 12.8. The molecule has 0 spiro atoms. The lowest BCUT2D eigenvalue weighted by Gasteiger charge is -2.00. The molecule has 0 aliphatic heterocycles. The number of anilines is 1. The SMILES string of the molecule is Nc1cccc(-c2n[nH]c3nc4ccccc4n23)c1. The van der Waals surface area contributed by atoms with Crippen LogP contribution in [0.3, 0.4) is 0 Å². The first-order chi connectivity index (χ1) is 9.33. The maximum Gasteiger partial charge on any atom is 0.230 e. The number of H-pyrrole nitrogens is 1. The van der Waals surface area contributed by atoms with Crippen molar-refractivity contribution in [2.45, 2.75) is 0 Å². The number of imidazole rings is 1. The zero-order valence-electron chi connectivity index (χ0n) is 10.0. The van der Waals surface area contributed by atoms with Crippen molar-refractivity contribution in [3.8, 4) is 11.4 Å². The van der Waals surface area contributed by atoms with Gasteiger partial charge in [0.05, 0.1) is 11.0 Å². The summed E-state index contributed by atoms with van der Waals surface area (Å²) in [7, 11) is 0. The molecule has 0 saturated carbocycles. The van der Waals surface area contributed by atoms with Crippen LogP contribution in [0.25, 0.3) is 28.2 Å². The normalized spacial score (nSPS) is 11.4. The third-order valence-corrected chi connectivity index (χ3v) is 3.18. The van der Waals surface area contributed by atoms with Crippen LogP contribution in [0.5, 0.6) is 0 Å². The molecule has 0 aliphatic carbocycles. The Morgan fingerprint density at radius 3 is 2.84 bits per heavy atom. The predicted octanol–water partition coefficient (Wildman–Crippen LogP) is 2.46. The molecule has 0 fully saturated rings. The Morgan fingerprint density at radius 2 is 1.95 bits per heavy atom. The monoisotopic (exact) mass is 249 g/mol. The molecule has 0 saturated heterocycles. The number of nitrogen functional groups attached to an aromatic ring is 1. The van der Waals surface area contributed by atoms with E-state index in [-0.39, 0.29) is 0 Å². The fraction of sp³-hybridized carbons (Fsp3) is 0. The fourth-order valence-electron chi connectivity index (χ4n) is 2.34. The van der Waals surface area contributed by atoms with Gasteiger partial charge in [0, 0.05) is 11.3 Å². The van der Waals surface area contributed by atoms with Gasteiger partial charge >= 0.3 is 0 Å². The van der Waals surface area contributed by atoms with Crippen molar-refractivity contribution in [3.63, 3.8) is 0 Å². The minimum Gasteiger partial charge on any atom is -0.399 e. The average Bonchev–Trinajstić information content (AvgIpc) is 2.97. The molecule has 19 heavy (non-hydrogen) atoms. The van der Waals surface area contributed by atoms with E-state index in [1.165, 1.54) is 0 Å². The van der Waals surface area contributed by atoms with Gasteiger partial charge in [-0.2, -0.15) is 5.10 Å². The lowest BCUT2D eigenvalue weighted by atomic mass is 10.2. The number of hydrogen-bond donors (Lipinski definition) is 2. The molecule has 5 nitrogen and oxygen atoms in total. The first kappa shape index (κ1) is 10.1. The summed E-state index contributed by atoms with van der Waals surface area (Å²) in [6, 6.07) is 15.7. The van der Waals surface area contributed by atoms with Crippen LogP contribution in [0.1, 0.15) is 0 Å². The van der Waals surface area contributed by atoms with Gasteiger partial charge in [-0.15, -0.1) is 0 Å². The lowest BCUT2D eigenvalue weighted by molar-refractivity contribution is 1.10. The summed E-state index contributed by atoms with van der Waals surface area (Å²) < 4.78 is 2.00. The Balaban J connectivity index is 2.10. The van der Waals surface area contributed by atoms with Crippen LogP contribution >= 0.6 is 0 Å². The molecule has 4 rings (SSSR count). The van der Waals surface area contributed by atoms with Crippen LogP contribution in [0.2, 0.25) is 0 Å². The van der Waals surface area contributed by atoms with Crippen LogP contribution in [0, 0.1) is 0 Å². The maximum absolute atomic E-state index is 5.83. The molecule has 0 aliphatic rings. The summed E-state index contributed by atoms with van der Waals surface area (Å²) in [5.74, 6) is 1.55. The van der Waals surface area contributed by atoms with Gasteiger partial charge in [0.15, 0.2) is 5.82 Å². The number of nitrogens with zero attached hydrogens (tertiary/aromatic N) is 3. The number of fused-ring (bicyclic) bond motifs is 3. The number of rotatable bonds is 1. The first-order valence-corrected chi connectivity index (χ1v) is 6.00. The van der Waals surface area contributed by atoms with Gasteiger partial charge in [-0.05, 0) is 24.3 Å². The minimum atomic E-state index is 0.720. The number of hydrogen-bond acceptors (Lipinski definition) is 3. The van der Waals surface area contributed by atoms with E-state index in [0.717, 1.165) is 33.9 Å². The molecule has 5 heteroatoms. The Hall–Kier alpha value is -2.82. The molecule has 0 bridgehead atoms. The topological polar surface area (TPSA) is 72.0 Å². The van der Waals surface area contributed by atoms with Crippen molar-refractivity contribution in [3.05, 3.63) is 48.5 Å². The molecule has 0 unspecified atom stereocenters. The number of benzene rings is 2. The van der Waals surface area contributed by atoms with E-state index >= 15 is 0 Å². The van der Waals surface area contributed by atoms with Crippen LogP contribution in [-0.4, -0.2) is 19.6 Å². The highest BCUT2D eigenvalue weighted by Gasteiger charge is 2.12. The largest absolute Gasteiger partial charge is 0.399 e. The summed E-state index contributed by atoms with van der Waals surface area (Å²) in [5, 5.41) is 7.29. The second kappa shape index (κ2) is 3.58. The third-order valence-electron chi connectivity index (χ3n) is 3.18. The Morgan fingerprint density at radius 1 is 1.05 bits per heavy atom. The molecule has 2 aromatic carbocycles. The summed E-state index contributed by atoms with van der Waals surface area (Å²) in [6.07, 6.45) is 0. The second-order valence-electron chi connectivity index (χ2n) is 4.43. The number of para-hydroxylation sites is 2. The van der Waals surface area contributed by atoms with E-state index in [4.69, 9.17) is 5.73 Å². The van der Waals surface area contributed by atoms with Gasteiger partial charge in [-0.3, -0.25) is 4.40 Å². The quantitative estimate of drug-likeness (QED) is 0.509. The first-order valence-electron chi connectivity index (χ1n) is 6.00. The molecule has 0 amide bonds. The van der Waals surface area contributed by atoms with Gasteiger partial charge in [-0.25, -0.2) is 10.1 Å². The maximum atomic E-state index is 5.83. The molecule has 3 N–H and O–H groups in total. The standard InChI is InChI=1S/C14H11N5/c15-10-5-3-4-9(8-10)13-17-18-14-16-11-6-1-2-7-12(11)19(13)14/h1-8H,15H2,(H,16,18). The number of nitrogens with two attached hydrogens (primary N) is 1. The van der Waals surface area contributed by atoms with E-state index in [9.17, 15) is 0 Å². The van der Waals surface area contributed by atoms with Crippen LogP contribution in [-0.2, 0) is 0 Å². The van der Waals surface area contributed by atoms with E-state index in [2.05, 4.69) is 15.2 Å². The highest BCUT2D eigenvalue weighted by Crippen LogP contribution is 2.24. The second-order valence-corrected chi connectivity index (χ2v) is 4.43. The highest BCUT2D eigenvalue weighted by molar-refractivity contribution is 5.82. The Labute approximate surface area is 108 Å². The summed E-state index contributed by atoms with van der Waals surface area (Å²) >= 11 is 0. The number of aromatic amines is 1. The van der Waals surface area contributed by atoms with E-state index in [1.807, 2.05) is 52.9 Å². The molecule has 2 aromatic heterocycles. The Bertz CT molecular complexity index is 887. The van der Waals surface area contributed by atoms with Crippen molar-refractivity contribution >= 4 is 22.5 Å². The van der Waals surface area contributed by atoms with Crippen LogP contribution < -0.4 is 5.73 Å². The van der Waals surface area contributed by atoms with Crippen molar-refractivity contribution < 1.29 is 0 Å². The molecular formula is C14H11N5. The van der Waals surface area contributed by atoms with Gasteiger partial charge in [0.2, 0.25) is 5.78 Å². The predicted molar refractivity (Wildman–Crippen MR) is 74.7 cm³/mol. The van der Waals surface area contributed by atoms with Gasteiger partial charge in [0.1, 0.15) is 0 Å².